The Morgan fingerprint density at radius 2 is 2.07 bits per heavy atom. The summed E-state index contributed by atoms with van der Waals surface area (Å²) in [7, 11) is 0. The third kappa shape index (κ3) is 3.61. The second-order valence-electron chi connectivity index (χ2n) is 3.17. The molecule has 86 valence electrons. The van der Waals surface area contributed by atoms with Gasteiger partial charge in [0.15, 0.2) is 11.5 Å². The quantitative estimate of drug-likeness (QED) is 0.838. The molecule has 3 nitrogen and oxygen atoms in total. The van der Waals surface area contributed by atoms with Crippen LogP contribution in [-0.4, -0.2) is 11.7 Å². The third-order valence-corrected chi connectivity index (χ3v) is 2.15. The predicted octanol–water partition coefficient (Wildman–Crippen LogP) is 2.62. The molecule has 0 aliphatic heterocycles. The maximum atomic E-state index is 9.45. The number of aromatic hydroxyl groups is 1. The summed E-state index contributed by atoms with van der Waals surface area (Å²) in [5, 5.41) is 9.45. The van der Waals surface area contributed by atoms with E-state index < -0.39 is 0 Å². The molecule has 1 rings (SSSR count). The lowest BCUT2D eigenvalue weighted by molar-refractivity contribution is 0.317. The van der Waals surface area contributed by atoms with Crippen LogP contribution in [-0.2, 0) is 0 Å². The highest BCUT2D eigenvalue weighted by atomic mass is 35.5. The fraction of sp³-hybridized carbons (Fsp3) is 0.455. The number of phenolic OH excluding ortho intramolecular Hbond substituents is 1. The minimum Gasteiger partial charge on any atom is -0.504 e. The predicted molar refractivity (Wildman–Crippen MR) is 63.7 cm³/mol. The molecule has 15 heavy (non-hydrogen) atoms. The van der Waals surface area contributed by atoms with E-state index in [1.165, 1.54) is 0 Å². The van der Waals surface area contributed by atoms with E-state index >= 15 is 0 Å². The van der Waals surface area contributed by atoms with Gasteiger partial charge in [0.25, 0.3) is 0 Å². The van der Waals surface area contributed by atoms with E-state index in [-0.39, 0.29) is 24.2 Å². The summed E-state index contributed by atoms with van der Waals surface area (Å²) < 4.78 is 5.27. The number of phenols is 1. The highest BCUT2D eigenvalue weighted by molar-refractivity contribution is 5.85. The fourth-order valence-corrected chi connectivity index (χ4v) is 1.27. The molecule has 0 saturated heterocycles. The number of nitrogens with two attached hydrogens (primary N) is 1. The smallest absolute Gasteiger partial charge is 0.161 e. The van der Waals surface area contributed by atoms with Crippen molar-refractivity contribution in [2.45, 2.75) is 26.3 Å². The lowest BCUT2D eigenvalue weighted by Gasteiger charge is -2.12. The lowest BCUT2D eigenvalue weighted by Crippen LogP contribution is -2.08. The summed E-state index contributed by atoms with van der Waals surface area (Å²) in [5.74, 6) is 0.674. The Bertz CT molecular complexity index is 305. The summed E-state index contributed by atoms with van der Waals surface area (Å²) in [6.45, 7) is 4.45. The summed E-state index contributed by atoms with van der Waals surface area (Å²) in [6, 6.07) is 5.25. The Labute approximate surface area is 96.7 Å². The van der Waals surface area contributed by atoms with E-state index in [0.717, 1.165) is 12.0 Å². The fourth-order valence-electron chi connectivity index (χ4n) is 1.27. The first-order valence-corrected chi connectivity index (χ1v) is 4.90. The summed E-state index contributed by atoms with van der Waals surface area (Å²) in [5.41, 5.74) is 6.87. The molecule has 0 unspecified atom stereocenters. The highest BCUT2D eigenvalue weighted by Crippen LogP contribution is 2.29. The Morgan fingerprint density at radius 1 is 1.40 bits per heavy atom. The van der Waals surface area contributed by atoms with Gasteiger partial charge in [0.05, 0.1) is 6.61 Å². The number of halogens is 1. The van der Waals surface area contributed by atoms with Crippen molar-refractivity contribution in [3.05, 3.63) is 23.8 Å². The zero-order valence-electron chi connectivity index (χ0n) is 9.06. The Morgan fingerprint density at radius 3 is 2.60 bits per heavy atom. The second-order valence-corrected chi connectivity index (χ2v) is 3.17. The Kier molecular flexibility index (Phi) is 6.13. The maximum Gasteiger partial charge on any atom is 0.161 e. The normalized spacial score (nSPS) is 11.7. The Hall–Kier alpha value is -0.930. The van der Waals surface area contributed by atoms with Gasteiger partial charge in [-0.05, 0) is 31.0 Å². The zero-order chi connectivity index (χ0) is 10.6. The number of hydrogen-bond acceptors (Lipinski definition) is 3. The van der Waals surface area contributed by atoms with Crippen molar-refractivity contribution in [1.82, 2.24) is 0 Å². The summed E-state index contributed by atoms with van der Waals surface area (Å²) in [6.07, 6.45) is 0.871. The van der Waals surface area contributed by atoms with Gasteiger partial charge in [0, 0.05) is 6.04 Å². The molecule has 0 aliphatic carbocycles. The topological polar surface area (TPSA) is 55.5 Å². The van der Waals surface area contributed by atoms with E-state index in [0.29, 0.717) is 12.4 Å². The largest absolute Gasteiger partial charge is 0.504 e. The van der Waals surface area contributed by atoms with Crippen molar-refractivity contribution in [2.75, 3.05) is 6.61 Å². The highest BCUT2D eigenvalue weighted by Gasteiger charge is 2.07. The van der Waals surface area contributed by atoms with Crippen LogP contribution in [0, 0.1) is 0 Å². The summed E-state index contributed by atoms with van der Waals surface area (Å²) >= 11 is 0. The van der Waals surface area contributed by atoms with Crippen molar-refractivity contribution in [3.8, 4) is 11.5 Å². The first-order chi connectivity index (χ1) is 6.69. The van der Waals surface area contributed by atoms with E-state index in [9.17, 15) is 5.11 Å². The molecule has 0 heterocycles. The molecule has 1 aromatic rings. The van der Waals surface area contributed by atoms with E-state index in [4.69, 9.17) is 10.5 Å². The molecule has 0 aliphatic rings. The standard InChI is InChI=1S/C11H17NO2.ClH/c1-3-9(12)8-5-6-10(13)11(7-8)14-4-2;/h5-7,9,13H,3-4,12H2,1-2H3;1H/t9-;/m0./s1. The number of benzene rings is 1. The Balaban J connectivity index is 0.00000196. The number of hydrogen-bond donors (Lipinski definition) is 2. The van der Waals surface area contributed by atoms with Crippen LogP contribution in [0.25, 0.3) is 0 Å². The average molecular weight is 232 g/mol. The first-order valence-electron chi connectivity index (χ1n) is 4.90. The van der Waals surface area contributed by atoms with Crippen LogP contribution in [0.5, 0.6) is 11.5 Å². The van der Waals surface area contributed by atoms with Gasteiger partial charge in [0.1, 0.15) is 0 Å². The molecule has 0 aromatic heterocycles. The van der Waals surface area contributed by atoms with Gasteiger partial charge in [-0.1, -0.05) is 13.0 Å². The van der Waals surface area contributed by atoms with Gasteiger partial charge < -0.3 is 15.6 Å². The van der Waals surface area contributed by atoms with Crippen molar-refractivity contribution >= 4 is 12.4 Å². The molecular weight excluding hydrogens is 214 g/mol. The second kappa shape index (κ2) is 6.53. The zero-order valence-corrected chi connectivity index (χ0v) is 9.88. The van der Waals surface area contributed by atoms with E-state index in [1.807, 2.05) is 19.9 Å². The molecule has 4 heteroatoms. The summed E-state index contributed by atoms with van der Waals surface area (Å²) in [4.78, 5) is 0. The number of ether oxygens (including phenoxy) is 1. The monoisotopic (exact) mass is 231 g/mol. The van der Waals surface area contributed by atoms with Crippen molar-refractivity contribution in [1.29, 1.82) is 0 Å². The van der Waals surface area contributed by atoms with Crippen LogP contribution in [0.15, 0.2) is 18.2 Å². The van der Waals surface area contributed by atoms with E-state index in [1.54, 1.807) is 12.1 Å². The van der Waals surface area contributed by atoms with Crippen molar-refractivity contribution < 1.29 is 9.84 Å². The van der Waals surface area contributed by atoms with Gasteiger partial charge in [0.2, 0.25) is 0 Å². The van der Waals surface area contributed by atoms with Crippen molar-refractivity contribution in [2.24, 2.45) is 5.73 Å². The van der Waals surface area contributed by atoms with Crippen LogP contribution in [0.2, 0.25) is 0 Å². The molecule has 3 N–H and O–H groups in total. The molecule has 1 aromatic carbocycles. The van der Waals surface area contributed by atoms with Crippen LogP contribution in [0.4, 0.5) is 0 Å². The average Bonchev–Trinajstić information content (AvgIpc) is 2.20. The molecule has 0 fully saturated rings. The van der Waals surface area contributed by atoms with Crippen molar-refractivity contribution in [3.63, 3.8) is 0 Å². The third-order valence-electron chi connectivity index (χ3n) is 2.15. The van der Waals surface area contributed by atoms with Crippen LogP contribution < -0.4 is 10.5 Å². The minimum atomic E-state index is 0. The van der Waals surface area contributed by atoms with E-state index in [2.05, 4.69) is 0 Å². The van der Waals surface area contributed by atoms with Gasteiger partial charge in [-0.2, -0.15) is 0 Å². The molecule has 0 spiro atoms. The van der Waals surface area contributed by atoms with Gasteiger partial charge >= 0.3 is 0 Å². The maximum absolute atomic E-state index is 9.45. The number of rotatable bonds is 4. The molecular formula is C11H18ClNO2. The lowest BCUT2D eigenvalue weighted by atomic mass is 10.1. The van der Waals surface area contributed by atoms with Gasteiger partial charge in [-0.15, -0.1) is 12.4 Å². The van der Waals surface area contributed by atoms with Gasteiger partial charge in [-0.3, -0.25) is 0 Å². The SMILES string of the molecule is CCOc1cc([C@@H](N)CC)ccc1O.Cl. The van der Waals surface area contributed by atoms with Crippen LogP contribution in [0.1, 0.15) is 31.9 Å². The molecule has 0 bridgehead atoms. The molecule has 1 atom stereocenters. The van der Waals surface area contributed by atoms with Crippen LogP contribution >= 0.6 is 12.4 Å². The molecule has 0 amide bonds. The minimum absolute atomic E-state index is 0. The molecule has 0 saturated carbocycles. The molecule has 0 radical (unpaired) electrons. The van der Waals surface area contributed by atoms with Gasteiger partial charge in [-0.25, -0.2) is 0 Å². The first kappa shape index (κ1) is 14.1. The van der Waals surface area contributed by atoms with Crippen LogP contribution in [0.3, 0.4) is 0 Å².